The van der Waals surface area contributed by atoms with Crippen molar-refractivity contribution in [3.63, 3.8) is 0 Å². The van der Waals surface area contributed by atoms with Gasteiger partial charge in [-0.1, -0.05) is 0 Å². The second-order valence-corrected chi connectivity index (χ2v) is 6.17. The van der Waals surface area contributed by atoms with Crippen molar-refractivity contribution in [3.8, 4) is 0 Å². The van der Waals surface area contributed by atoms with Crippen molar-refractivity contribution >= 4 is 29.7 Å². The predicted molar refractivity (Wildman–Crippen MR) is 88.4 cm³/mol. The molecule has 11 nitrogen and oxygen atoms in total. The number of aliphatic hydroxyl groups is 1. The highest BCUT2D eigenvalue weighted by atomic mass is 16.7. The molecule has 0 aromatic rings. The molecule has 1 fully saturated rings. The summed E-state index contributed by atoms with van der Waals surface area (Å²) in [6.45, 7) is 4.19. The van der Waals surface area contributed by atoms with Gasteiger partial charge in [-0.3, -0.25) is 19.2 Å². The normalized spacial score (nSPS) is 26.7. The van der Waals surface area contributed by atoms with Crippen molar-refractivity contribution in [1.29, 1.82) is 0 Å². The molecule has 0 bridgehead atoms. The van der Waals surface area contributed by atoms with Gasteiger partial charge in [0.25, 0.3) is 0 Å². The van der Waals surface area contributed by atoms with Gasteiger partial charge in [0.15, 0.2) is 24.6 Å². The molecule has 1 heterocycles. The first-order valence-electron chi connectivity index (χ1n) is 8.51. The van der Waals surface area contributed by atoms with Gasteiger partial charge in [0.1, 0.15) is 18.5 Å². The standard InChI is InChI=1S/C17H24O11/c1-8(18)5-6-13(22)28-16-15(26-11(4)21)14(25-10(3)20)12(27-17(16)23)7-24-9(2)19/h12,14-17,23H,5-7H2,1-4H3/t12-,14+,15+,16-,17+/m1/s1. The van der Waals surface area contributed by atoms with E-state index in [0.717, 1.165) is 20.8 Å². The zero-order chi connectivity index (χ0) is 21.4. The fourth-order valence-corrected chi connectivity index (χ4v) is 2.50. The molecule has 1 aliphatic rings. The molecule has 0 saturated carbocycles. The van der Waals surface area contributed by atoms with Gasteiger partial charge in [0.05, 0.1) is 6.42 Å². The van der Waals surface area contributed by atoms with Gasteiger partial charge in [-0.25, -0.2) is 0 Å². The van der Waals surface area contributed by atoms with Crippen LogP contribution in [0, 0.1) is 0 Å². The average Bonchev–Trinajstić information content (AvgIpc) is 2.56. The number of carbonyl (C=O) groups excluding carboxylic acids is 5. The van der Waals surface area contributed by atoms with E-state index in [0.29, 0.717) is 0 Å². The molecular weight excluding hydrogens is 380 g/mol. The van der Waals surface area contributed by atoms with Crippen LogP contribution >= 0.6 is 0 Å². The number of hydrogen-bond donors (Lipinski definition) is 1. The van der Waals surface area contributed by atoms with E-state index >= 15 is 0 Å². The zero-order valence-corrected chi connectivity index (χ0v) is 16.0. The Morgan fingerprint density at radius 1 is 0.786 bits per heavy atom. The minimum Gasteiger partial charge on any atom is -0.463 e. The molecule has 28 heavy (non-hydrogen) atoms. The molecule has 158 valence electrons. The SMILES string of the molecule is CC(=O)CCC(=O)O[C@@H]1[C@@H](OC(C)=O)[C@@H](OC(C)=O)[C@@H](COC(C)=O)O[C@@H]1O. The predicted octanol–water partition coefficient (Wildman–Crippen LogP) is -0.589. The van der Waals surface area contributed by atoms with E-state index in [9.17, 15) is 29.1 Å². The topological polar surface area (TPSA) is 152 Å². The van der Waals surface area contributed by atoms with Crippen LogP contribution in [0.5, 0.6) is 0 Å². The maximum absolute atomic E-state index is 12.0. The van der Waals surface area contributed by atoms with E-state index < -0.39 is 61.2 Å². The number of rotatable bonds is 8. The molecule has 0 unspecified atom stereocenters. The maximum Gasteiger partial charge on any atom is 0.306 e. The third kappa shape index (κ3) is 7.61. The largest absolute Gasteiger partial charge is 0.463 e. The van der Waals surface area contributed by atoms with Crippen LogP contribution in [0.1, 0.15) is 40.5 Å². The summed E-state index contributed by atoms with van der Waals surface area (Å²) in [6, 6.07) is 0. The highest BCUT2D eigenvalue weighted by molar-refractivity contribution is 5.81. The van der Waals surface area contributed by atoms with Gasteiger partial charge in [-0.15, -0.1) is 0 Å². The lowest BCUT2D eigenvalue weighted by atomic mass is 9.98. The Morgan fingerprint density at radius 3 is 1.86 bits per heavy atom. The summed E-state index contributed by atoms with van der Waals surface area (Å²) in [4.78, 5) is 57.0. The van der Waals surface area contributed by atoms with Crippen LogP contribution in [-0.2, 0) is 47.7 Å². The van der Waals surface area contributed by atoms with Crippen LogP contribution in [0.25, 0.3) is 0 Å². The number of ketones is 1. The van der Waals surface area contributed by atoms with Crippen molar-refractivity contribution in [2.75, 3.05) is 6.61 Å². The lowest BCUT2D eigenvalue weighted by molar-refractivity contribution is -0.296. The number of Topliss-reactive ketones (excluding diaryl/α,β-unsaturated/α-hetero) is 1. The lowest BCUT2D eigenvalue weighted by Gasteiger charge is -2.42. The maximum atomic E-state index is 12.0. The molecule has 5 atom stereocenters. The van der Waals surface area contributed by atoms with E-state index in [-0.39, 0.29) is 18.6 Å². The fraction of sp³-hybridized carbons (Fsp3) is 0.706. The summed E-state index contributed by atoms with van der Waals surface area (Å²) in [5, 5.41) is 10.2. The van der Waals surface area contributed by atoms with Crippen molar-refractivity contribution in [2.45, 2.75) is 71.2 Å². The Morgan fingerprint density at radius 2 is 1.36 bits per heavy atom. The van der Waals surface area contributed by atoms with E-state index in [4.69, 9.17) is 23.7 Å². The second kappa shape index (κ2) is 10.7. The molecule has 11 heteroatoms. The minimum absolute atomic E-state index is 0.0802. The molecule has 0 radical (unpaired) electrons. The molecule has 0 aromatic heterocycles. The van der Waals surface area contributed by atoms with Crippen molar-refractivity contribution in [1.82, 2.24) is 0 Å². The quantitative estimate of drug-likeness (QED) is 0.408. The van der Waals surface area contributed by atoms with Crippen molar-refractivity contribution in [3.05, 3.63) is 0 Å². The molecular formula is C17H24O11. The zero-order valence-electron chi connectivity index (χ0n) is 16.0. The number of ether oxygens (including phenoxy) is 5. The third-order valence-electron chi connectivity index (χ3n) is 3.61. The van der Waals surface area contributed by atoms with E-state index in [1.807, 2.05) is 0 Å². The van der Waals surface area contributed by atoms with Crippen molar-refractivity contribution in [2.24, 2.45) is 0 Å². The van der Waals surface area contributed by atoms with Crippen LogP contribution in [0.15, 0.2) is 0 Å². The molecule has 0 aliphatic carbocycles. The van der Waals surface area contributed by atoms with Crippen LogP contribution < -0.4 is 0 Å². The lowest BCUT2D eigenvalue weighted by Crippen LogP contribution is -2.62. The van der Waals surface area contributed by atoms with E-state index in [2.05, 4.69) is 0 Å². The Bertz CT molecular complexity index is 614. The van der Waals surface area contributed by atoms with Gasteiger partial charge >= 0.3 is 23.9 Å². The summed E-state index contributed by atoms with van der Waals surface area (Å²) >= 11 is 0. The fourth-order valence-electron chi connectivity index (χ4n) is 2.50. The summed E-state index contributed by atoms with van der Waals surface area (Å²) in [5.41, 5.74) is 0. The van der Waals surface area contributed by atoms with Crippen LogP contribution in [0.3, 0.4) is 0 Å². The summed E-state index contributed by atoms with van der Waals surface area (Å²) < 4.78 is 25.4. The third-order valence-corrected chi connectivity index (χ3v) is 3.61. The number of carbonyl (C=O) groups is 5. The Labute approximate surface area is 161 Å². The van der Waals surface area contributed by atoms with Crippen molar-refractivity contribution < 1.29 is 52.8 Å². The van der Waals surface area contributed by atoms with Gasteiger partial charge in [-0.2, -0.15) is 0 Å². The Kier molecular flexibility index (Phi) is 9.00. The second-order valence-electron chi connectivity index (χ2n) is 6.17. The molecule has 1 saturated heterocycles. The molecule has 0 amide bonds. The molecule has 0 spiro atoms. The average molecular weight is 404 g/mol. The van der Waals surface area contributed by atoms with E-state index in [1.165, 1.54) is 6.92 Å². The monoisotopic (exact) mass is 404 g/mol. The van der Waals surface area contributed by atoms with Crippen LogP contribution in [0.2, 0.25) is 0 Å². The molecule has 0 aromatic carbocycles. The van der Waals surface area contributed by atoms with Gasteiger partial charge in [0, 0.05) is 27.2 Å². The highest BCUT2D eigenvalue weighted by Crippen LogP contribution is 2.28. The number of esters is 4. The van der Waals surface area contributed by atoms with E-state index in [1.54, 1.807) is 0 Å². The molecule has 1 aliphatic heterocycles. The molecule has 1 rings (SSSR count). The van der Waals surface area contributed by atoms with Gasteiger partial charge in [-0.05, 0) is 6.92 Å². The molecule has 1 N–H and O–H groups in total. The number of hydrogen-bond acceptors (Lipinski definition) is 11. The summed E-state index contributed by atoms with van der Waals surface area (Å²) in [6.07, 6.45) is -7.57. The minimum atomic E-state index is -1.77. The van der Waals surface area contributed by atoms with Gasteiger partial charge < -0.3 is 33.6 Å². The number of aliphatic hydroxyl groups excluding tert-OH is 1. The van der Waals surface area contributed by atoms with Gasteiger partial charge in [0.2, 0.25) is 0 Å². The van der Waals surface area contributed by atoms with Crippen LogP contribution in [0.4, 0.5) is 0 Å². The summed E-state index contributed by atoms with van der Waals surface area (Å²) in [7, 11) is 0. The Balaban J connectivity index is 3.07. The smallest absolute Gasteiger partial charge is 0.306 e. The summed E-state index contributed by atoms with van der Waals surface area (Å²) in [5.74, 6) is -3.31. The van der Waals surface area contributed by atoms with Crippen LogP contribution in [-0.4, -0.2) is 72.1 Å². The first kappa shape index (κ1) is 23.5. The first-order chi connectivity index (χ1) is 13.0. The highest BCUT2D eigenvalue weighted by Gasteiger charge is 2.51. The Hall–Kier alpha value is -2.53. The first-order valence-corrected chi connectivity index (χ1v) is 8.51.